The number of amides is 1. The van der Waals surface area contributed by atoms with Crippen LogP contribution in [0.2, 0.25) is 0 Å². The standard InChI is InChI=1S/C24H23F3N6OS/c1-13-5-4-6-16-18(13)30-31-19(16)22-29-20(23(34)33-10-9-15(12-33)32(2)3)21(35-22)14-7-8-17(28-11-14)24(25,26)27/h4-8,11,15H,9-10,12H2,1-3H3,(H,30,31)/t15-/m1/s1. The zero-order valence-electron chi connectivity index (χ0n) is 19.3. The number of carbonyl (C=O) groups is 1. The number of hydrogen-bond acceptors (Lipinski definition) is 6. The van der Waals surface area contributed by atoms with Gasteiger partial charge in [-0.05, 0) is 45.1 Å². The Labute approximate surface area is 203 Å². The molecule has 0 saturated carbocycles. The fraction of sp³-hybridized carbons (Fsp3) is 0.333. The smallest absolute Gasteiger partial charge is 0.336 e. The molecule has 7 nitrogen and oxygen atoms in total. The maximum Gasteiger partial charge on any atom is 0.433 e. The lowest BCUT2D eigenvalue weighted by molar-refractivity contribution is -0.141. The molecule has 4 heterocycles. The summed E-state index contributed by atoms with van der Waals surface area (Å²) in [6.07, 6.45) is -2.55. The second kappa shape index (κ2) is 8.72. The first-order chi connectivity index (χ1) is 16.6. The molecular formula is C24H23F3N6OS. The van der Waals surface area contributed by atoms with E-state index in [1.165, 1.54) is 17.4 Å². The van der Waals surface area contributed by atoms with Gasteiger partial charge in [-0.25, -0.2) is 4.98 Å². The van der Waals surface area contributed by atoms with Gasteiger partial charge in [0.15, 0.2) is 0 Å². The highest BCUT2D eigenvalue weighted by atomic mass is 32.1. The van der Waals surface area contributed by atoms with Crippen LogP contribution >= 0.6 is 11.3 Å². The number of H-pyrrole nitrogens is 1. The number of likely N-dealkylation sites (tertiary alicyclic amines) is 1. The lowest BCUT2D eigenvalue weighted by Gasteiger charge is -2.20. The SMILES string of the molecule is Cc1cccc2c(-c3nc(C(=O)N4CC[C@@H](N(C)C)C4)c(-c4ccc(C(F)(F)F)nc4)s3)[nH]nc12. The fourth-order valence-electron chi connectivity index (χ4n) is 4.31. The number of carbonyl (C=O) groups excluding carboxylic acids is 1. The number of likely N-dealkylation sites (N-methyl/N-ethyl adjacent to an activating group) is 1. The summed E-state index contributed by atoms with van der Waals surface area (Å²) in [4.78, 5) is 26.2. The maximum absolute atomic E-state index is 13.6. The Balaban J connectivity index is 1.60. The average Bonchev–Trinajstić information content (AvgIpc) is 3.56. The summed E-state index contributed by atoms with van der Waals surface area (Å²) in [5, 5.41) is 8.83. The molecule has 3 aromatic heterocycles. The van der Waals surface area contributed by atoms with Crippen molar-refractivity contribution >= 4 is 28.1 Å². The number of hydrogen-bond donors (Lipinski definition) is 1. The van der Waals surface area contributed by atoms with E-state index in [9.17, 15) is 18.0 Å². The Hall–Kier alpha value is -3.31. The lowest BCUT2D eigenvalue weighted by atomic mass is 10.1. The first-order valence-corrected chi connectivity index (χ1v) is 11.9. The van der Waals surface area contributed by atoms with E-state index in [4.69, 9.17) is 0 Å². The highest BCUT2D eigenvalue weighted by molar-refractivity contribution is 7.18. The molecule has 11 heteroatoms. The second-order valence-corrected chi connectivity index (χ2v) is 9.85. The number of aromatic amines is 1. The molecule has 4 aromatic rings. The summed E-state index contributed by atoms with van der Waals surface area (Å²) in [5.41, 5.74) is 2.10. The van der Waals surface area contributed by atoms with Crippen molar-refractivity contribution in [2.24, 2.45) is 0 Å². The predicted octanol–water partition coefficient (Wildman–Crippen LogP) is 4.85. The number of para-hydroxylation sites is 1. The van der Waals surface area contributed by atoms with Gasteiger partial charge in [0.05, 0.1) is 10.4 Å². The van der Waals surface area contributed by atoms with Gasteiger partial charge in [0.1, 0.15) is 22.1 Å². The normalized spacial score (nSPS) is 16.5. The summed E-state index contributed by atoms with van der Waals surface area (Å²) in [6.45, 7) is 3.11. The van der Waals surface area contributed by atoms with Crippen LogP contribution in [-0.4, -0.2) is 69.1 Å². The van der Waals surface area contributed by atoms with Crippen LogP contribution in [0.25, 0.3) is 32.0 Å². The third-order valence-corrected chi connectivity index (χ3v) is 7.45. The van der Waals surface area contributed by atoms with Gasteiger partial charge in [-0.1, -0.05) is 18.2 Å². The molecule has 0 radical (unpaired) electrons. The Kier molecular flexibility index (Phi) is 5.84. The highest BCUT2D eigenvalue weighted by Gasteiger charge is 2.34. The van der Waals surface area contributed by atoms with Gasteiger partial charge >= 0.3 is 6.18 Å². The summed E-state index contributed by atoms with van der Waals surface area (Å²) in [7, 11) is 3.95. The summed E-state index contributed by atoms with van der Waals surface area (Å²) < 4.78 is 39.2. The molecule has 35 heavy (non-hydrogen) atoms. The fourth-order valence-corrected chi connectivity index (χ4v) is 5.36. The largest absolute Gasteiger partial charge is 0.433 e. The van der Waals surface area contributed by atoms with Crippen molar-refractivity contribution < 1.29 is 18.0 Å². The summed E-state index contributed by atoms with van der Waals surface area (Å²) in [5.74, 6) is -0.244. The average molecular weight is 501 g/mol. The molecule has 1 aromatic carbocycles. The van der Waals surface area contributed by atoms with Gasteiger partial charge in [-0.3, -0.25) is 14.9 Å². The maximum atomic E-state index is 13.6. The van der Waals surface area contributed by atoms with Crippen molar-refractivity contribution in [1.29, 1.82) is 0 Å². The Morgan fingerprint density at radius 3 is 2.69 bits per heavy atom. The van der Waals surface area contributed by atoms with E-state index in [0.717, 1.165) is 35.2 Å². The summed E-state index contributed by atoms with van der Waals surface area (Å²) in [6, 6.07) is 8.31. The van der Waals surface area contributed by atoms with Gasteiger partial charge < -0.3 is 9.80 Å². The number of aryl methyl sites for hydroxylation is 1. The molecule has 0 spiro atoms. The number of nitrogens with one attached hydrogen (secondary N) is 1. The van der Waals surface area contributed by atoms with Crippen molar-refractivity contribution in [1.82, 2.24) is 30.0 Å². The van der Waals surface area contributed by atoms with Crippen LogP contribution in [0.1, 0.15) is 28.2 Å². The lowest BCUT2D eigenvalue weighted by Crippen LogP contribution is -2.34. The number of benzene rings is 1. The molecule has 182 valence electrons. The third-order valence-electron chi connectivity index (χ3n) is 6.33. The number of pyridine rings is 1. The number of alkyl halides is 3. The van der Waals surface area contributed by atoms with Crippen molar-refractivity contribution in [3.8, 4) is 21.1 Å². The highest BCUT2D eigenvalue weighted by Crippen LogP contribution is 2.39. The minimum atomic E-state index is -4.54. The molecule has 0 aliphatic carbocycles. The van der Waals surface area contributed by atoms with Crippen molar-refractivity contribution in [3.05, 3.63) is 53.5 Å². The van der Waals surface area contributed by atoms with E-state index in [1.807, 2.05) is 39.2 Å². The van der Waals surface area contributed by atoms with E-state index >= 15 is 0 Å². The van der Waals surface area contributed by atoms with E-state index < -0.39 is 11.9 Å². The summed E-state index contributed by atoms with van der Waals surface area (Å²) >= 11 is 1.24. The second-order valence-electron chi connectivity index (χ2n) is 8.85. The van der Waals surface area contributed by atoms with Crippen LogP contribution in [0, 0.1) is 6.92 Å². The number of aromatic nitrogens is 4. The third kappa shape index (κ3) is 4.30. The van der Waals surface area contributed by atoms with E-state index in [-0.39, 0.29) is 17.6 Å². The first-order valence-electron chi connectivity index (χ1n) is 11.1. The Morgan fingerprint density at radius 1 is 1.23 bits per heavy atom. The van der Waals surface area contributed by atoms with Crippen LogP contribution in [0.4, 0.5) is 13.2 Å². The van der Waals surface area contributed by atoms with Gasteiger partial charge in [-0.15, -0.1) is 11.3 Å². The molecule has 1 aliphatic rings. The first kappa shape index (κ1) is 23.4. The number of rotatable bonds is 4. The zero-order valence-corrected chi connectivity index (χ0v) is 20.2. The topological polar surface area (TPSA) is 78.0 Å². The van der Waals surface area contributed by atoms with Crippen molar-refractivity contribution in [2.75, 3.05) is 27.2 Å². The van der Waals surface area contributed by atoms with Crippen LogP contribution in [-0.2, 0) is 6.18 Å². The number of nitrogens with zero attached hydrogens (tertiary/aromatic N) is 5. The van der Waals surface area contributed by atoms with Gasteiger partial charge in [0.2, 0.25) is 0 Å². The molecule has 1 amide bonds. The van der Waals surface area contributed by atoms with Gasteiger partial charge in [-0.2, -0.15) is 18.3 Å². The van der Waals surface area contributed by atoms with Crippen LogP contribution in [0.5, 0.6) is 0 Å². The zero-order chi connectivity index (χ0) is 24.9. The van der Waals surface area contributed by atoms with E-state index in [2.05, 4.69) is 25.1 Å². The molecule has 0 bridgehead atoms. The Bertz CT molecular complexity index is 1390. The van der Waals surface area contributed by atoms with Crippen LogP contribution in [0.3, 0.4) is 0 Å². The van der Waals surface area contributed by atoms with Crippen LogP contribution < -0.4 is 0 Å². The van der Waals surface area contributed by atoms with Gasteiger partial charge in [0, 0.05) is 36.3 Å². The number of fused-ring (bicyclic) bond motifs is 1. The molecule has 1 saturated heterocycles. The number of halogens is 3. The van der Waals surface area contributed by atoms with Crippen molar-refractivity contribution in [3.63, 3.8) is 0 Å². The van der Waals surface area contributed by atoms with E-state index in [1.54, 1.807) is 4.90 Å². The predicted molar refractivity (Wildman–Crippen MR) is 128 cm³/mol. The molecule has 1 fully saturated rings. The quantitative estimate of drug-likeness (QED) is 0.433. The minimum absolute atomic E-state index is 0.210. The van der Waals surface area contributed by atoms with Crippen LogP contribution in [0.15, 0.2) is 36.5 Å². The van der Waals surface area contributed by atoms with E-state index in [0.29, 0.717) is 34.2 Å². The number of thiazole rings is 1. The molecule has 0 unspecified atom stereocenters. The monoisotopic (exact) mass is 500 g/mol. The minimum Gasteiger partial charge on any atom is -0.336 e. The molecule has 1 N–H and O–H groups in total. The Morgan fingerprint density at radius 2 is 2.03 bits per heavy atom. The molecule has 5 rings (SSSR count). The van der Waals surface area contributed by atoms with Gasteiger partial charge in [0.25, 0.3) is 5.91 Å². The molecular weight excluding hydrogens is 477 g/mol. The molecule has 1 aliphatic heterocycles. The molecule has 1 atom stereocenters. The van der Waals surface area contributed by atoms with Crippen molar-refractivity contribution in [2.45, 2.75) is 25.6 Å².